The number of halogens is 1. The first-order valence-corrected chi connectivity index (χ1v) is 6.02. The van der Waals surface area contributed by atoms with Crippen molar-refractivity contribution in [2.75, 3.05) is 13.1 Å². The average molecular weight is 232 g/mol. The Morgan fingerprint density at radius 3 is 2.82 bits per heavy atom. The third kappa shape index (κ3) is 3.04. The fraction of sp³-hybridized carbons (Fsp3) is 0.500. The third-order valence-electron chi connectivity index (χ3n) is 3.37. The van der Waals surface area contributed by atoms with Crippen molar-refractivity contribution in [3.8, 4) is 6.07 Å². The molecule has 1 N–H and O–H groups in total. The number of hydrogen-bond acceptors (Lipinski definition) is 2. The Kier molecular flexibility index (Phi) is 3.44. The van der Waals surface area contributed by atoms with Gasteiger partial charge in [-0.15, -0.1) is 0 Å². The standard InChI is InChI=1S/C14H17FN2/c1-11-8-12(2-3-13(11)15)4-7-17-10-14(9-16)5-6-14/h2-3,8,17H,4-7,10H2,1H3. The zero-order valence-electron chi connectivity index (χ0n) is 10.1. The SMILES string of the molecule is Cc1cc(CCNCC2(C#N)CC2)ccc1F. The molecule has 0 amide bonds. The van der Waals surface area contributed by atoms with Crippen LogP contribution in [0.5, 0.6) is 0 Å². The highest BCUT2D eigenvalue weighted by Crippen LogP contribution is 2.43. The lowest BCUT2D eigenvalue weighted by atomic mass is 10.1. The molecule has 0 aliphatic heterocycles. The Hall–Kier alpha value is -1.40. The second-order valence-corrected chi connectivity index (χ2v) is 4.90. The summed E-state index contributed by atoms with van der Waals surface area (Å²) in [4.78, 5) is 0. The normalized spacial score (nSPS) is 16.5. The molecule has 90 valence electrons. The second-order valence-electron chi connectivity index (χ2n) is 4.90. The van der Waals surface area contributed by atoms with Gasteiger partial charge in [0, 0.05) is 6.54 Å². The van der Waals surface area contributed by atoms with Crippen molar-refractivity contribution in [2.45, 2.75) is 26.2 Å². The van der Waals surface area contributed by atoms with Crippen molar-refractivity contribution >= 4 is 0 Å². The molecule has 0 spiro atoms. The maximum Gasteiger partial charge on any atom is 0.126 e. The summed E-state index contributed by atoms with van der Waals surface area (Å²) in [5.74, 6) is -0.150. The Labute approximate surface area is 101 Å². The van der Waals surface area contributed by atoms with E-state index in [0.717, 1.165) is 37.9 Å². The zero-order valence-corrected chi connectivity index (χ0v) is 10.1. The Bertz CT molecular complexity index is 444. The predicted molar refractivity (Wildman–Crippen MR) is 65.0 cm³/mol. The summed E-state index contributed by atoms with van der Waals surface area (Å²) in [7, 11) is 0. The zero-order chi connectivity index (χ0) is 12.3. The molecule has 3 heteroatoms. The van der Waals surface area contributed by atoms with Crippen molar-refractivity contribution in [3.63, 3.8) is 0 Å². The van der Waals surface area contributed by atoms with E-state index in [2.05, 4.69) is 11.4 Å². The monoisotopic (exact) mass is 232 g/mol. The minimum absolute atomic E-state index is 0.0846. The number of nitrogens with one attached hydrogen (secondary N) is 1. The molecule has 0 radical (unpaired) electrons. The van der Waals surface area contributed by atoms with Crippen LogP contribution in [-0.2, 0) is 6.42 Å². The van der Waals surface area contributed by atoms with Crippen molar-refractivity contribution in [1.82, 2.24) is 5.32 Å². The van der Waals surface area contributed by atoms with Gasteiger partial charge in [-0.3, -0.25) is 0 Å². The molecule has 0 unspecified atom stereocenters. The minimum Gasteiger partial charge on any atom is -0.315 e. The van der Waals surface area contributed by atoms with Gasteiger partial charge in [-0.25, -0.2) is 4.39 Å². The first-order valence-electron chi connectivity index (χ1n) is 6.02. The molecule has 1 saturated carbocycles. The quantitative estimate of drug-likeness (QED) is 0.792. The van der Waals surface area contributed by atoms with Gasteiger partial charge in [0.25, 0.3) is 0 Å². The molecule has 1 aliphatic rings. The van der Waals surface area contributed by atoms with Crippen molar-refractivity contribution in [2.24, 2.45) is 5.41 Å². The van der Waals surface area contributed by atoms with Crippen LogP contribution in [0.2, 0.25) is 0 Å². The fourth-order valence-electron chi connectivity index (χ4n) is 1.90. The maximum atomic E-state index is 13.0. The van der Waals surface area contributed by atoms with Gasteiger partial charge in [0.2, 0.25) is 0 Å². The molecule has 0 bridgehead atoms. The van der Waals surface area contributed by atoms with Crippen LogP contribution in [0.25, 0.3) is 0 Å². The van der Waals surface area contributed by atoms with E-state index < -0.39 is 0 Å². The van der Waals surface area contributed by atoms with Gasteiger partial charge in [0.15, 0.2) is 0 Å². The van der Waals surface area contributed by atoms with E-state index in [1.165, 1.54) is 6.07 Å². The van der Waals surface area contributed by atoms with E-state index >= 15 is 0 Å². The number of nitriles is 1. The number of rotatable bonds is 5. The van der Waals surface area contributed by atoms with Crippen molar-refractivity contribution in [3.05, 3.63) is 35.1 Å². The topological polar surface area (TPSA) is 35.8 Å². The first kappa shape index (κ1) is 12.1. The summed E-state index contributed by atoms with van der Waals surface area (Å²) in [6, 6.07) is 7.58. The molecule has 0 atom stereocenters. The van der Waals surface area contributed by atoms with E-state index in [1.54, 1.807) is 6.92 Å². The van der Waals surface area contributed by atoms with Crippen LogP contribution in [0.3, 0.4) is 0 Å². The molecule has 1 aromatic carbocycles. The highest BCUT2D eigenvalue weighted by molar-refractivity contribution is 5.24. The molecule has 2 nitrogen and oxygen atoms in total. The summed E-state index contributed by atoms with van der Waals surface area (Å²) in [6.45, 7) is 3.40. The van der Waals surface area contributed by atoms with Gasteiger partial charge >= 0.3 is 0 Å². The van der Waals surface area contributed by atoms with Gasteiger partial charge in [0.1, 0.15) is 5.82 Å². The lowest BCUT2D eigenvalue weighted by Gasteiger charge is -2.08. The van der Waals surface area contributed by atoms with Gasteiger partial charge in [0.05, 0.1) is 11.5 Å². The lowest BCUT2D eigenvalue weighted by Crippen LogP contribution is -2.25. The fourth-order valence-corrected chi connectivity index (χ4v) is 1.90. The van der Waals surface area contributed by atoms with Gasteiger partial charge in [-0.1, -0.05) is 12.1 Å². The molecule has 0 aromatic heterocycles. The molecule has 17 heavy (non-hydrogen) atoms. The lowest BCUT2D eigenvalue weighted by molar-refractivity contribution is 0.559. The number of aryl methyl sites for hydroxylation is 1. The summed E-state index contributed by atoms with van der Waals surface area (Å²) in [5, 5.41) is 12.2. The number of nitrogens with zero attached hydrogens (tertiary/aromatic N) is 1. The maximum absolute atomic E-state index is 13.0. The van der Waals surface area contributed by atoms with E-state index in [0.29, 0.717) is 5.56 Å². The molecule has 1 aromatic rings. The van der Waals surface area contributed by atoms with Crippen LogP contribution < -0.4 is 5.32 Å². The highest BCUT2D eigenvalue weighted by Gasteiger charge is 2.42. The van der Waals surface area contributed by atoms with Crippen LogP contribution in [0.1, 0.15) is 24.0 Å². The molecular formula is C14H17FN2. The summed E-state index contributed by atoms with van der Waals surface area (Å²) >= 11 is 0. The Balaban J connectivity index is 1.75. The van der Waals surface area contributed by atoms with Crippen LogP contribution >= 0.6 is 0 Å². The molecule has 0 heterocycles. The smallest absolute Gasteiger partial charge is 0.126 e. The largest absolute Gasteiger partial charge is 0.315 e. The van der Waals surface area contributed by atoms with Gasteiger partial charge in [-0.05, 0) is 49.9 Å². The molecule has 1 fully saturated rings. The molecule has 2 rings (SSSR count). The Morgan fingerprint density at radius 2 is 2.24 bits per heavy atom. The summed E-state index contributed by atoms with van der Waals surface area (Å²) in [5.41, 5.74) is 1.75. The third-order valence-corrected chi connectivity index (χ3v) is 3.37. The number of benzene rings is 1. The average Bonchev–Trinajstić information content (AvgIpc) is 3.10. The molecule has 1 aliphatic carbocycles. The van der Waals surface area contributed by atoms with E-state index in [1.807, 2.05) is 12.1 Å². The predicted octanol–water partition coefficient (Wildman–Crippen LogP) is 2.57. The van der Waals surface area contributed by atoms with Gasteiger partial charge in [-0.2, -0.15) is 5.26 Å². The second kappa shape index (κ2) is 4.85. The highest BCUT2D eigenvalue weighted by atomic mass is 19.1. The van der Waals surface area contributed by atoms with Crippen LogP contribution in [-0.4, -0.2) is 13.1 Å². The minimum atomic E-state index is -0.150. The van der Waals surface area contributed by atoms with Gasteiger partial charge < -0.3 is 5.32 Å². The van der Waals surface area contributed by atoms with Crippen molar-refractivity contribution in [1.29, 1.82) is 5.26 Å². The van der Waals surface area contributed by atoms with Crippen LogP contribution in [0.4, 0.5) is 4.39 Å². The van der Waals surface area contributed by atoms with E-state index in [-0.39, 0.29) is 11.2 Å². The molecular weight excluding hydrogens is 215 g/mol. The summed E-state index contributed by atoms with van der Waals surface area (Å²) < 4.78 is 13.0. The van der Waals surface area contributed by atoms with E-state index in [4.69, 9.17) is 5.26 Å². The summed E-state index contributed by atoms with van der Waals surface area (Å²) in [6.07, 6.45) is 2.92. The van der Waals surface area contributed by atoms with Crippen LogP contribution in [0.15, 0.2) is 18.2 Å². The number of hydrogen-bond donors (Lipinski definition) is 1. The Morgan fingerprint density at radius 1 is 1.47 bits per heavy atom. The first-order chi connectivity index (χ1) is 8.15. The molecule has 0 saturated heterocycles. The van der Waals surface area contributed by atoms with Crippen molar-refractivity contribution < 1.29 is 4.39 Å². The van der Waals surface area contributed by atoms with Crippen LogP contribution in [0, 0.1) is 29.5 Å². The van der Waals surface area contributed by atoms with E-state index in [9.17, 15) is 4.39 Å².